The van der Waals surface area contributed by atoms with E-state index in [1.807, 2.05) is 44.2 Å². The maximum atomic E-state index is 12.1. The number of urea groups is 2. The van der Waals surface area contributed by atoms with E-state index in [0.717, 1.165) is 5.56 Å². The van der Waals surface area contributed by atoms with Gasteiger partial charge < -0.3 is 20.3 Å². The standard InChI is InChI=1S/C23H30N4O4/c1-17(2)25-23(30)27(4)19-10-12-20(13-11-19)31-21(28)14-15-24-22(29)26(3)16-18-8-6-5-7-9-18/h5-13,17H,14-16H2,1-4H3,(H,24,29)(H,25,30). The molecule has 2 aromatic carbocycles. The van der Waals surface area contributed by atoms with E-state index in [0.29, 0.717) is 18.0 Å². The Bertz CT molecular complexity index is 869. The van der Waals surface area contributed by atoms with Crippen LogP contribution in [-0.2, 0) is 11.3 Å². The first-order valence-electron chi connectivity index (χ1n) is 10.1. The second-order valence-electron chi connectivity index (χ2n) is 7.45. The first-order valence-corrected chi connectivity index (χ1v) is 10.1. The van der Waals surface area contributed by atoms with Crippen LogP contribution in [0.5, 0.6) is 5.75 Å². The van der Waals surface area contributed by atoms with E-state index < -0.39 is 5.97 Å². The second-order valence-corrected chi connectivity index (χ2v) is 7.45. The molecule has 0 saturated carbocycles. The van der Waals surface area contributed by atoms with Crippen molar-refractivity contribution in [3.8, 4) is 5.75 Å². The Morgan fingerprint density at radius 3 is 2.19 bits per heavy atom. The fourth-order valence-electron chi connectivity index (χ4n) is 2.72. The van der Waals surface area contributed by atoms with Gasteiger partial charge in [0.2, 0.25) is 0 Å². The van der Waals surface area contributed by atoms with E-state index in [-0.39, 0.29) is 31.1 Å². The average Bonchev–Trinajstić information content (AvgIpc) is 2.74. The molecular formula is C23H30N4O4. The van der Waals surface area contributed by atoms with Crippen LogP contribution in [-0.4, -0.2) is 49.6 Å². The van der Waals surface area contributed by atoms with Gasteiger partial charge >= 0.3 is 18.0 Å². The highest BCUT2D eigenvalue weighted by atomic mass is 16.5. The van der Waals surface area contributed by atoms with Gasteiger partial charge in [0, 0.05) is 38.9 Å². The summed E-state index contributed by atoms with van der Waals surface area (Å²) in [5.41, 5.74) is 1.70. The molecule has 0 heterocycles. The van der Waals surface area contributed by atoms with Crippen molar-refractivity contribution >= 4 is 23.7 Å². The van der Waals surface area contributed by atoms with E-state index in [2.05, 4.69) is 10.6 Å². The fraction of sp³-hybridized carbons (Fsp3) is 0.348. The van der Waals surface area contributed by atoms with E-state index >= 15 is 0 Å². The van der Waals surface area contributed by atoms with Gasteiger partial charge in [-0.2, -0.15) is 0 Å². The third-order valence-electron chi connectivity index (χ3n) is 4.39. The summed E-state index contributed by atoms with van der Waals surface area (Å²) < 4.78 is 5.29. The van der Waals surface area contributed by atoms with Crippen molar-refractivity contribution < 1.29 is 19.1 Å². The lowest BCUT2D eigenvalue weighted by Gasteiger charge is -2.20. The largest absolute Gasteiger partial charge is 0.426 e. The number of nitrogens with one attached hydrogen (secondary N) is 2. The summed E-state index contributed by atoms with van der Waals surface area (Å²) in [7, 11) is 3.36. The molecule has 2 aromatic rings. The highest BCUT2D eigenvalue weighted by Gasteiger charge is 2.13. The lowest BCUT2D eigenvalue weighted by atomic mass is 10.2. The zero-order valence-electron chi connectivity index (χ0n) is 18.4. The molecule has 31 heavy (non-hydrogen) atoms. The van der Waals surface area contributed by atoms with Crippen LogP contribution in [0, 0.1) is 0 Å². The van der Waals surface area contributed by atoms with Crippen molar-refractivity contribution in [3.63, 3.8) is 0 Å². The first kappa shape index (κ1) is 23.7. The van der Waals surface area contributed by atoms with Gasteiger partial charge in [-0.15, -0.1) is 0 Å². The SMILES string of the molecule is CC(C)NC(=O)N(C)c1ccc(OC(=O)CCNC(=O)N(C)Cc2ccccc2)cc1. The van der Waals surface area contributed by atoms with Crippen LogP contribution in [0.25, 0.3) is 0 Å². The molecule has 0 fully saturated rings. The number of benzene rings is 2. The number of carbonyl (C=O) groups excluding carboxylic acids is 3. The van der Waals surface area contributed by atoms with Gasteiger partial charge in [0.15, 0.2) is 0 Å². The summed E-state index contributed by atoms with van der Waals surface area (Å²) in [5.74, 6) is -0.0800. The molecule has 0 bridgehead atoms. The van der Waals surface area contributed by atoms with E-state index in [9.17, 15) is 14.4 Å². The Balaban J connectivity index is 1.74. The minimum absolute atomic E-state index is 0.0359. The summed E-state index contributed by atoms with van der Waals surface area (Å²) in [6.07, 6.45) is 0.0450. The number of esters is 1. The molecule has 0 aliphatic carbocycles. The summed E-state index contributed by atoms with van der Waals surface area (Å²) >= 11 is 0. The average molecular weight is 427 g/mol. The number of hydrogen-bond donors (Lipinski definition) is 2. The van der Waals surface area contributed by atoms with Crippen molar-refractivity contribution in [2.24, 2.45) is 0 Å². The molecule has 0 unspecified atom stereocenters. The molecular weight excluding hydrogens is 396 g/mol. The molecule has 0 aliphatic heterocycles. The summed E-state index contributed by atoms with van der Waals surface area (Å²) in [6, 6.07) is 15.9. The maximum absolute atomic E-state index is 12.1. The third kappa shape index (κ3) is 8.00. The number of hydrogen-bond acceptors (Lipinski definition) is 4. The summed E-state index contributed by atoms with van der Waals surface area (Å²) in [5, 5.41) is 5.51. The van der Waals surface area contributed by atoms with Crippen molar-refractivity contribution in [1.29, 1.82) is 0 Å². The molecule has 0 spiro atoms. The lowest BCUT2D eigenvalue weighted by Crippen LogP contribution is -2.40. The maximum Gasteiger partial charge on any atom is 0.321 e. The van der Waals surface area contributed by atoms with Gasteiger partial charge in [0.1, 0.15) is 5.75 Å². The van der Waals surface area contributed by atoms with Crippen molar-refractivity contribution in [3.05, 3.63) is 60.2 Å². The molecule has 0 atom stereocenters. The van der Waals surface area contributed by atoms with Gasteiger partial charge in [0.05, 0.1) is 6.42 Å². The number of ether oxygens (including phenoxy) is 1. The Kier molecular flexibility index (Phi) is 8.87. The lowest BCUT2D eigenvalue weighted by molar-refractivity contribution is -0.134. The second kappa shape index (κ2) is 11.6. The summed E-state index contributed by atoms with van der Waals surface area (Å²) in [6.45, 7) is 4.43. The van der Waals surface area contributed by atoms with Crippen molar-refractivity contribution in [2.75, 3.05) is 25.5 Å². The van der Waals surface area contributed by atoms with Gasteiger partial charge in [-0.1, -0.05) is 30.3 Å². The quantitative estimate of drug-likeness (QED) is 0.500. The van der Waals surface area contributed by atoms with Crippen LogP contribution in [0.15, 0.2) is 54.6 Å². The highest BCUT2D eigenvalue weighted by Crippen LogP contribution is 2.19. The predicted molar refractivity (Wildman–Crippen MR) is 120 cm³/mol. The Morgan fingerprint density at radius 1 is 0.935 bits per heavy atom. The zero-order valence-corrected chi connectivity index (χ0v) is 18.4. The monoisotopic (exact) mass is 426 g/mol. The van der Waals surface area contributed by atoms with Crippen LogP contribution in [0.2, 0.25) is 0 Å². The number of anilines is 1. The van der Waals surface area contributed by atoms with E-state index in [4.69, 9.17) is 4.74 Å². The van der Waals surface area contributed by atoms with Gasteiger partial charge in [-0.25, -0.2) is 9.59 Å². The van der Waals surface area contributed by atoms with Crippen LogP contribution < -0.4 is 20.3 Å². The van der Waals surface area contributed by atoms with Crippen LogP contribution in [0.1, 0.15) is 25.8 Å². The smallest absolute Gasteiger partial charge is 0.321 e. The van der Waals surface area contributed by atoms with E-state index in [1.165, 1.54) is 4.90 Å². The van der Waals surface area contributed by atoms with Crippen LogP contribution in [0.4, 0.5) is 15.3 Å². The zero-order chi connectivity index (χ0) is 22.8. The Labute approximate surface area is 183 Å². The fourth-order valence-corrected chi connectivity index (χ4v) is 2.72. The molecule has 2 rings (SSSR count). The topological polar surface area (TPSA) is 91.0 Å². The molecule has 8 nitrogen and oxygen atoms in total. The molecule has 4 amide bonds. The predicted octanol–water partition coefficient (Wildman–Crippen LogP) is 3.38. The molecule has 2 N–H and O–H groups in total. The molecule has 166 valence electrons. The van der Waals surface area contributed by atoms with Crippen molar-refractivity contribution in [2.45, 2.75) is 32.9 Å². The first-order chi connectivity index (χ1) is 14.8. The number of amides is 4. The number of carbonyl (C=O) groups is 3. The van der Waals surface area contributed by atoms with Crippen LogP contribution >= 0.6 is 0 Å². The van der Waals surface area contributed by atoms with Gasteiger partial charge in [0.25, 0.3) is 0 Å². The molecule has 8 heteroatoms. The van der Waals surface area contributed by atoms with E-state index in [1.54, 1.807) is 43.3 Å². The van der Waals surface area contributed by atoms with Gasteiger partial charge in [-0.05, 0) is 43.7 Å². The van der Waals surface area contributed by atoms with Crippen molar-refractivity contribution in [1.82, 2.24) is 15.5 Å². The third-order valence-corrected chi connectivity index (χ3v) is 4.39. The highest BCUT2D eigenvalue weighted by molar-refractivity contribution is 5.91. The Hall–Kier alpha value is -3.55. The Morgan fingerprint density at radius 2 is 1.58 bits per heavy atom. The molecule has 0 aromatic heterocycles. The minimum Gasteiger partial charge on any atom is -0.426 e. The number of rotatable bonds is 8. The molecule has 0 aliphatic rings. The summed E-state index contributed by atoms with van der Waals surface area (Å²) in [4.78, 5) is 39.2. The van der Waals surface area contributed by atoms with Gasteiger partial charge in [-0.3, -0.25) is 9.69 Å². The van der Waals surface area contributed by atoms with Crippen LogP contribution in [0.3, 0.4) is 0 Å². The molecule has 0 saturated heterocycles. The normalized spacial score (nSPS) is 10.4. The number of nitrogens with zero attached hydrogens (tertiary/aromatic N) is 2. The molecule has 0 radical (unpaired) electrons. The minimum atomic E-state index is -0.454.